The van der Waals surface area contributed by atoms with Gasteiger partial charge in [-0.15, -0.1) is 0 Å². The van der Waals surface area contributed by atoms with Gasteiger partial charge in [-0.05, 0) is 35.8 Å². The van der Waals surface area contributed by atoms with Gasteiger partial charge in [0.2, 0.25) is 0 Å². The summed E-state index contributed by atoms with van der Waals surface area (Å²) in [5.74, 6) is 0.424. The van der Waals surface area contributed by atoms with Crippen molar-refractivity contribution < 1.29 is 4.79 Å². The van der Waals surface area contributed by atoms with E-state index in [-0.39, 0.29) is 11.5 Å². The van der Waals surface area contributed by atoms with Crippen LogP contribution in [0.25, 0.3) is 11.7 Å². The Labute approximate surface area is 242 Å². The molecule has 0 N–H and O–H groups in total. The molecule has 2 aliphatic rings. The minimum absolute atomic E-state index is 0.189. The molecule has 0 atom stereocenters. The molecular weight excluding hydrogens is 539 g/mol. The zero-order valence-corrected chi connectivity index (χ0v) is 23.8. The van der Waals surface area contributed by atoms with E-state index in [0.717, 1.165) is 43.9 Å². The Morgan fingerprint density at radius 3 is 2.20 bits per heavy atom. The quantitative estimate of drug-likeness (QED) is 0.247. The Hall–Kier alpha value is -3.79. The van der Waals surface area contributed by atoms with E-state index in [4.69, 9.17) is 17.2 Å². The summed E-state index contributed by atoms with van der Waals surface area (Å²) in [5, 5.41) is 0. The molecule has 1 amide bonds. The summed E-state index contributed by atoms with van der Waals surface area (Å²) >= 11 is 6.81. The summed E-state index contributed by atoms with van der Waals surface area (Å²) in [7, 11) is 0. The zero-order valence-electron chi connectivity index (χ0n) is 22.2. The van der Waals surface area contributed by atoms with E-state index >= 15 is 0 Å². The molecule has 0 aliphatic carbocycles. The standard InChI is InChI=1S/C31H29N5O2S2/c1-22-12-13-27-32-28(34-16-14-33(15-17-34)20-23-8-4-2-5-9-23)25(29(37)35(27)19-22)18-26-30(38)36(31(39)40-26)21-24-10-6-3-7-11-24/h2-13,18-19H,14-17,20-21H2,1H3/b26-18+. The molecule has 40 heavy (non-hydrogen) atoms. The summed E-state index contributed by atoms with van der Waals surface area (Å²) in [6.07, 6.45) is 3.49. The van der Waals surface area contributed by atoms with Gasteiger partial charge in [0.1, 0.15) is 15.8 Å². The van der Waals surface area contributed by atoms with E-state index in [1.807, 2.05) is 55.5 Å². The lowest BCUT2D eigenvalue weighted by atomic mass is 10.1. The van der Waals surface area contributed by atoms with Crippen molar-refractivity contribution in [2.45, 2.75) is 20.0 Å². The van der Waals surface area contributed by atoms with E-state index < -0.39 is 0 Å². The minimum atomic E-state index is -0.191. The van der Waals surface area contributed by atoms with Crippen molar-refractivity contribution in [2.75, 3.05) is 31.1 Å². The molecule has 202 valence electrons. The van der Waals surface area contributed by atoms with Gasteiger partial charge in [0.05, 0.1) is 17.0 Å². The Bertz CT molecular complexity index is 1660. The molecule has 2 saturated heterocycles. The first-order valence-electron chi connectivity index (χ1n) is 13.3. The first-order chi connectivity index (χ1) is 19.5. The molecule has 2 aromatic carbocycles. The number of rotatable bonds is 6. The molecule has 2 aliphatic heterocycles. The maximum absolute atomic E-state index is 13.9. The van der Waals surface area contributed by atoms with Crippen LogP contribution in [0.2, 0.25) is 0 Å². The average Bonchev–Trinajstić information content (AvgIpc) is 3.23. The third-order valence-corrected chi connectivity index (χ3v) is 8.62. The molecule has 6 rings (SSSR count). The fraction of sp³-hybridized carbons (Fsp3) is 0.226. The van der Waals surface area contributed by atoms with Crippen LogP contribution in [-0.2, 0) is 17.9 Å². The van der Waals surface area contributed by atoms with Gasteiger partial charge in [-0.1, -0.05) is 90.7 Å². The highest BCUT2D eigenvalue weighted by Crippen LogP contribution is 2.34. The predicted molar refractivity (Wildman–Crippen MR) is 165 cm³/mol. The van der Waals surface area contributed by atoms with Gasteiger partial charge in [0.25, 0.3) is 11.5 Å². The van der Waals surface area contributed by atoms with Gasteiger partial charge in [0, 0.05) is 38.9 Å². The number of carbonyl (C=O) groups is 1. The second kappa shape index (κ2) is 11.4. The number of pyridine rings is 1. The van der Waals surface area contributed by atoms with Crippen molar-refractivity contribution in [3.63, 3.8) is 0 Å². The fourth-order valence-corrected chi connectivity index (χ4v) is 6.34. The van der Waals surface area contributed by atoms with Gasteiger partial charge in [-0.3, -0.25) is 23.8 Å². The van der Waals surface area contributed by atoms with Crippen LogP contribution < -0.4 is 10.5 Å². The number of aromatic nitrogens is 2. The van der Waals surface area contributed by atoms with Crippen LogP contribution in [0.5, 0.6) is 0 Å². The highest BCUT2D eigenvalue weighted by atomic mass is 32.2. The smallest absolute Gasteiger partial charge is 0.267 e. The molecule has 4 heterocycles. The molecule has 0 radical (unpaired) electrons. The van der Waals surface area contributed by atoms with Crippen LogP contribution in [0.3, 0.4) is 0 Å². The Morgan fingerprint density at radius 2 is 1.52 bits per heavy atom. The van der Waals surface area contributed by atoms with Gasteiger partial charge in [-0.25, -0.2) is 4.98 Å². The van der Waals surface area contributed by atoms with E-state index in [0.29, 0.717) is 32.8 Å². The lowest BCUT2D eigenvalue weighted by Crippen LogP contribution is -2.47. The van der Waals surface area contributed by atoms with Crippen LogP contribution in [0.1, 0.15) is 22.3 Å². The number of benzene rings is 2. The number of thioether (sulfide) groups is 1. The molecule has 0 spiro atoms. The monoisotopic (exact) mass is 567 g/mol. The van der Waals surface area contributed by atoms with Gasteiger partial charge < -0.3 is 4.90 Å². The number of nitrogens with zero attached hydrogens (tertiary/aromatic N) is 5. The molecule has 0 saturated carbocycles. The van der Waals surface area contributed by atoms with Crippen LogP contribution in [0, 0.1) is 6.92 Å². The summed E-state index contributed by atoms with van der Waals surface area (Å²) in [6.45, 7) is 6.39. The second-order valence-electron chi connectivity index (χ2n) is 10.1. The van der Waals surface area contributed by atoms with Gasteiger partial charge >= 0.3 is 0 Å². The van der Waals surface area contributed by atoms with Crippen molar-refractivity contribution in [3.05, 3.63) is 117 Å². The summed E-state index contributed by atoms with van der Waals surface area (Å²) in [6, 6.07) is 24.0. The number of piperazine rings is 1. The van der Waals surface area contributed by atoms with Crippen molar-refractivity contribution in [2.24, 2.45) is 0 Å². The number of carbonyl (C=O) groups excluding carboxylic acids is 1. The normalized spacial score (nSPS) is 17.4. The Morgan fingerprint density at radius 1 is 0.875 bits per heavy atom. The van der Waals surface area contributed by atoms with Crippen molar-refractivity contribution in [1.29, 1.82) is 0 Å². The lowest BCUT2D eigenvalue weighted by Gasteiger charge is -2.36. The average molecular weight is 568 g/mol. The zero-order chi connectivity index (χ0) is 27.6. The largest absolute Gasteiger partial charge is 0.353 e. The number of thiocarbonyl (C=S) groups is 1. The SMILES string of the molecule is Cc1ccc2nc(N3CCN(Cc4ccccc4)CC3)c(/C=C3/SC(=S)N(Cc4ccccc4)C3=O)c(=O)n2c1. The topological polar surface area (TPSA) is 61.2 Å². The van der Waals surface area contributed by atoms with Crippen LogP contribution >= 0.6 is 24.0 Å². The lowest BCUT2D eigenvalue weighted by molar-refractivity contribution is -0.122. The number of hydrogen-bond acceptors (Lipinski definition) is 7. The summed E-state index contributed by atoms with van der Waals surface area (Å²) in [4.78, 5) is 38.9. The Balaban J connectivity index is 1.32. The van der Waals surface area contributed by atoms with E-state index in [9.17, 15) is 9.59 Å². The maximum atomic E-state index is 13.9. The second-order valence-corrected chi connectivity index (χ2v) is 11.8. The number of amides is 1. The van der Waals surface area contributed by atoms with E-state index in [1.165, 1.54) is 17.3 Å². The fourth-order valence-electron chi connectivity index (χ4n) is 5.11. The predicted octanol–water partition coefficient (Wildman–Crippen LogP) is 4.73. The molecule has 2 fully saturated rings. The first kappa shape index (κ1) is 26.4. The van der Waals surface area contributed by atoms with Crippen LogP contribution in [0.4, 0.5) is 5.82 Å². The minimum Gasteiger partial charge on any atom is -0.353 e. The highest BCUT2D eigenvalue weighted by molar-refractivity contribution is 8.26. The van der Waals surface area contributed by atoms with Crippen molar-refractivity contribution in [1.82, 2.24) is 19.2 Å². The van der Waals surface area contributed by atoms with Gasteiger partial charge in [-0.2, -0.15) is 0 Å². The molecule has 0 unspecified atom stereocenters. The third-order valence-electron chi connectivity index (χ3n) is 7.24. The van der Waals surface area contributed by atoms with Crippen LogP contribution in [-0.4, -0.2) is 55.6 Å². The number of hydrogen-bond donors (Lipinski definition) is 0. The number of fused-ring (bicyclic) bond motifs is 1. The Kier molecular flexibility index (Phi) is 7.51. The van der Waals surface area contributed by atoms with Crippen LogP contribution in [0.15, 0.2) is 88.7 Å². The summed E-state index contributed by atoms with van der Waals surface area (Å²) < 4.78 is 2.06. The highest BCUT2D eigenvalue weighted by Gasteiger charge is 2.33. The van der Waals surface area contributed by atoms with Crippen molar-refractivity contribution >= 4 is 51.7 Å². The summed E-state index contributed by atoms with van der Waals surface area (Å²) in [5.41, 5.74) is 4.05. The van der Waals surface area contributed by atoms with E-state index in [2.05, 4.69) is 34.1 Å². The molecule has 7 nitrogen and oxygen atoms in total. The maximum Gasteiger partial charge on any atom is 0.267 e. The molecule has 4 aromatic rings. The number of anilines is 1. The molecule has 2 aromatic heterocycles. The van der Waals surface area contributed by atoms with E-state index in [1.54, 1.807) is 21.6 Å². The van der Waals surface area contributed by atoms with Crippen molar-refractivity contribution in [3.8, 4) is 0 Å². The third kappa shape index (κ3) is 5.45. The van der Waals surface area contributed by atoms with Gasteiger partial charge in [0.15, 0.2) is 0 Å². The molecule has 0 bridgehead atoms. The molecule has 9 heteroatoms. The first-order valence-corrected chi connectivity index (χ1v) is 14.5. The number of aryl methyl sites for hydroxylation is 1. The molecular formula is C31H29N5O2S2.